The second kappa shape index (κ2) is 6.69. The average molecular weight is 334 g/mol. The quantitative estimate of drug-likeness (QED) is 0.628. The molecule has 2 N–H and O–H groups in total. The molecule has 1 aliphatic rings. The Morgan fingerprint density at radius 2 is 2.24 bits per heavy atom. The molecule has 0 bridgehead atoms. The second-order valence-electron chi connectivity index (χ2n) is 4.93. The van der Waals surface area contributed by atoms with Crippen molar-refractivity contribution in [3.63, 3.8) is 0 Å². The van der Waals surface area contributed by atoms with Crippen molar-refractivity contribution in [1.82, 2.24) is 10.0 Å². The van der Waals surface area contributed by atoms with Gasteiger partial charge in [0.1, 0.15) is 0 Å². The van der Waals surface area contributed by atoms with Crippen molar-refractivity contribution in [3.8, 4) is 0 Å². The van der Waals surface area contributed by atoms with Gasteiger partial charge in [-0.05, 0) is 44.0 Å². The Bertz CT molecular complexity index is 629. The van der Waals surface area contributed by atoms with Gasteiger partial charge < -0.3 is 5.32 Å². The van der Waals surface area contributed by atoms with Gasteiger partial charge in [0.05, 0.1) is 4.92 Å². The molecule has 0 saturated carbocycles. The molecule has 1 aliphatic heterocycles. The van der Waals surface area contributed by atoms with E-state index in [1.807, 2.05) is 0 Å². The van der Waals surface area contributed by atoms with Crippen molar-refractivity contribution in [2.75, 3.05) is 19.6 Å². The summed E-state index contributed by atoms with van der Waals surface area (Å²) < 4.78 is 26.9. The van der Waals surface area contributed by atoms with Crippen molar-refractivity contribution in [1.29, 1.82) is 0 Å². The van der Waals surface area contributed by atoms with E-state index in [0.29, 0.717) is 0 Å². The second-order valence-corrected chi connectivity index (χ2v) is 7.11. The Labute approximate surface area is 127 Å². The number of hydrogen-bond donors (Lipinski definition) is 2. The van der Waals surface area contributed by atoms with E-state index in [1.165, 1.54) is 6.07 Å². The van der Waals surface area contributed by atoms with Crippen molar-refractivity contribution in [2.45, 2.75) is 17.7 Å². The molecule has 9 heteroatoms. The SMILES string of the molecule is O=[N+]([O-])c1cc(Cl)ccc1S(=O)(=O)NCC1CCCNC1. The lowest BCUT2D eigenvalue weighted by Crippen LogP contribution is -2.38. The minimum absolute atomic E-state index is 0.122. The van der Waals surface area contributed by atoms with Gasteiger partial charge >= 0.3 is 0 Å². The molecular formula is C12H16ClN3O4S. The Hall–Kier alpha value is -1.22. The smallest absolute Gasteiger partial charge is 0.290 e. The van der Waals surface area contributed by atoms with Gasteiger partial charge in [0.15, 0.2) is 4.90 Å². The fraction of sp³-hybridized carbons (Fsp3) is 0.500. The Balaban J connectivity index is 2.17. The number of rotatable bonds is 5. The summed E-state index contributed by atoms with van der Waals surface area (Å²) in [5.74, 6) is 0.194. The van der Waals surface area contributed by atoms with E-state index in [0.717, 1.165) is 38.1 Å². The highest BCUT2D eigenvalue weighted by Crippen LogP contribution is 2.27. The number of nitro benzene ring substituents is 1. The zero-order chi connectivity index (χ0) is 15.5. The lowest BCUT2D eigenvalue weighted by Gasteiger charge is -2.22. The fourth-order valence-electron chi connectivity index (χ4n) is 2.26. The summed E-state index contributed by atoms with van der Waals surface area (Å²) in [6.45, 7) is 1.94. The summed E-state index contributed by atoms with van der Waals surface area (Å²) in [6, 6.07) is 3.52. The molecule has 21 heavy (non-hydrogen) atoms. The number of nitrogens with zero attached hydrogens (tertiary/aromatic N) is 1. The van der Waals surface area contributed by atoms with E-state index in [1.54, 1.807) is 0 Å². The summed E-state index contributed by atoms with van der Waals surface area (Å²) in [5, 5.41) is 14.3. The number of benzene rings is 1. The number of halogens is 1. The zero-order valence-electron chi connectivity index (χ0n) is 11.2. The molecule has 0 aliphatic carbocycles. The minimum atomic E-state index is -3.93. The highest BCUT2D eigenvalue weighted by Gasteiger charge is 2.27. The van der Waals surface area contributed by atoms with E-state index in [9.17, 15) is 18.5 Å². The molecule has 1 saturated heterocycles. The van der Waals surface area contributed by atoms with Crippen LogP contribution in [0.3, 0.4) is 0 Å². The van der Waals surface area contributed by atoms with Crippen LogP contribution in [0.2, 0.25) is 5.02 Å². The third-order valence-electron chi connectivity index (χ3n) is 3.37. The lowest BCUT2D eigenvalue weighted by molar-refractivity contribution is -0.387. The molecule has 1 aromatic rings. The normalized spacial score (nSPS) is 19.4. The van der Waals surface area contributed by atoms with Crippen molar-refractivity contribution >= 4 is 27.3 Å². The van der Waals surface area contributed by atoms with Crippen LogP contribution in [0.5, 0.6) is 0 Å². The molecule has 0 aromatic heterocycles. The summed E-state index contributed by atoms with van der Waals surface area (Å²) >= 11 is 5.68. The third kappa shape index (κ3) is 4.13. The molecule has 0 radical (unpaired) electrons. The largest absolute Gasteiger partial charge is 0.316 e. The van der Waals surface area contributed by atoms with Crippen molar-refractivity contribution in [2.24, 2.45) is 5.92 Å². The van der Waals surface area contributed by atoms with Crippen molar-refractivity contribution in [3.05, 3.63) is 33.3 Å². The molecule has 1 atom stereocenters. The summed E-state index contributed by atoms with van der Waals surface area (Å²) in [5.41, 5.74) is -0.517. The van der Waals surface area contributed by atoms with Crippen LogP contribution in [-0.4, -0.2) is 33.0 Å². The maximum atomic E-state index is 12.2. The highest BCUT2D eigenvalue weighted by molar-refractivity contribution is 7.89. The van der Waals surface area contributed by atoms with E-state index in [4.69, 9.17) is 11.6 Å². The van der Waals surface area contributed by atoms with Crippen LogP contribution in [0, 0.1) is 16.0 Å². The molecule has 1 unspecified atom stereocenters. The molecule has 116 valence electrons. The van der Waals surface area contributed by atoms with Gasteiger partial charge in [-0.3, -0.25) is 10.1 Å². The van der Waals surface area contributed by atoms with Gasteiger partial charge in [-0.2, -0.15) is 0 Å². The summed E-state index contributed by atoms with van der Waals surface area (Å²) in [7, 11) is -3.93. The van der Waals surface area contributed by atoms with Crippen LogP contribution < -0.4 is 10.0 Å². The maximum Gasteiger partial charge on any atom is 0.290 e. The van der Waals surface area contributed by atoms with Crippen LogP contribution in [0.1, 0.15) is 12.8 Å². The van der Waals surface area contributed by atoms with Gasteiger partial charge in [-0.1, -0.05) is 11.6 Å². The number of nitro groups is 1. The van der Waals surface area contributed by atoms with Gasteiger partial charge in [-0.25, -0.2) is 13.1 Å². The summed E-state index contributed by atoms with van der Waals surface area (Å²) in [6.07, 6.45) is 1.92. The van der Waals surface area contributed by atoms with Crippen molar-refractivity contribution < 1.29 is 13.3 Å². The standard InChI is InChI=1S/C12H16ClN3O4S/c13-10-3-4-12(11(6-10)16(17)18)21(19,20)15-8-9-2-1-5-14-7-9/h3-4,6,9,14-15H,1-2,5,7-8H2. The lowest BCUT2D eigenvalue weighted by atomic mass is 10.0. The van der Waals surface area contributed by atoms with E-state index in [2.05, 4.69) is 10.0 Å². The molecule has 0 spiro atoms. The number of sulfonamides is 1. The Kier molecular flexibility index (Phi) is 5.15. The maximum absolute atomic E-state index is 12.2. The Morgan fingerprint density at radius 1 is 1.48 bits per heavy atom. The molecular weight excluding hydrogens is 318 g/mol. The predicted octanol–water partition coefficient (Wildman–Crippen LogP) is 1.53. The number of piperidine rings is 1. The van der Waals surface area contributed by atoms with Crippen LogP contribution in [0.15, 0.2) is 23.1 Å². The first-order valence-electron chi connectivity index (χ1n) is 6.54. The first-order chi connectivity index (χ1) is 9.90. The predicted molar refractivity (Wildman–Crippen MR) is 78.9 cm³/mol. The topological polar surface area (TPSA) is 101 Å². The number of nitrogens with one attached hydrogen (secondary N) is 2. The first kappa shape index (κ1) is 16.2. The monoisotopic (exact) mass is 333 g/mol. The van der Waals surface area contributed by atoms with Gasteiger partial charge in [0.2, 0.25) is 10.0 Å². The average Bonchev–Trinajstić information content (AvgIpc) is 2.46. The Morgan fingerprint density at radius 3 is 2.86 bits per heavy atom. The highest BCUT2D eigenvalue weighted by atomic mass is 35.5. The minimum Gasteiger partial charge on any atom is -0.316 e. The van der Waals surface area contributed by atoms with Gasteiger partial charge in [0, 0.05) is 17.6 Å². The van der Waals surface area contributed by atoms with Crippen LogP contribution in [0.4, 0.5) is 5.69 Å². The fourth-order valence-corrected chi connectivity index (χ4v) is 3.70. The van der Waals surface area contributed by atoms with Crippen LogP contribution in [0.25, 0.3) is 0 Å². The third-order valence-corrected chi connectivity index (χ3v) is 5.07. The molecule has 0 amide bonds. The first-order valence-corrected chi connectivity index (χ1v) is 8.40. The molecule has 7 nitrogen and oxygen atoms in total. The van der Waals surface area contributed by atoms with Crippen LogP contribution in [-0.2, 0) is 10.0 Å². The summed E-state index contributed by atoms with van der Waals surface area (Å²) in [4.78, 5) is 9.86. The van der Waals surface area contributed by atoms with E-state index < -0.39 is 20.6 Å². The zero-order valence-corrected chi connectivity index (χ0v) is 12.8. The van der Waals surface area contributed by atoms with E-state index >= 15 is 0 Å². The van der Waals surface area contributed by atoms with E-state index in [-0.39, 0.29) is 22.4 Å². The molecule has 2 rings (SSSR count). The number of hydrogen-bond acceptors (Lipinski definition) is 5. The molecule has 1 fully saturated rings. The van der Waals surface area contributed by atoms with Gasteiger partial charge in [0.25, 0.3) is 5.69 Å². The van der Waals surface area contributed by atoms with Gasteiger partial charge in [-0.15, -0.1) is 0 Å². The van der Waals surface area contributed by atoms with Crippen LogP contribution >= 0.6 is 11.6 Å². The molecule has 1 aromatic carbocycles. The molecule has 1 heterocycles.